The molecule has 2 atom stereocenters. The van der Waals surface area contributed by atoms with Crippen LogP contribution in [0.2, 0.25) is 0 Å². The number of anilines is 1. The lowest BCUT2D eigenvalue weighted by molar-refractivity contribution is -0.385. The highest BCUT2D eigenvalue weighted by molar-refractivity contribution is 7.84. The molecule has 1 aromatic heterocycles. The van der Waals surface area contributed by atoms with Crippen molar-refractivity contribution in [2.24, 2.45) is 0 Å². The Bertz CT molecular complexity index is 409. The van der Waals surface area contributed by atoms with Crippen LogP contribution in [-0.4, -0.2) is 37.2 Å². The molecule has 94 valence electrons. The lowest BCUT2D eigenvalue weighted by atomic mass is 10.3. The highest BCUT2D eigenvalue weighted by Gasteiger charge is 2.08. The van der Waals surface area contributed by atoms with E-state index >= 15 is 0 Å². The molecule has 17 heavy (non-hydrogen) atoms. The molecule has 0 bridgehead atoms. The van der Waals surface area contributed by atoms with Gasteiger partial charge in [0.05, 0.1) is 4.92 Å². The number of nitrogens with zero attached hydrogens (tertiary/aromatic N) is 3. The zero-order chi connectivity index (χ0) is 12.8. The van der Waals surface area contributed by atoms with Crippen molar-refractivity contribution in [2.45, 2.75) is 19.4 Å². The van der Waals surface area contributed by atoms with Gasteiger partial charge in [-0.25, -0.2) is 9.97 Å². The molecule has 0 aliphatic heterocycles. The summed E-state index contributed by atoms with van der Waals surface area (Å²) in [5.41, 5.74) is -0.141. The quantitative estimate of drug-likeness (QED) is 0.602. The van der Waals surface area contributed by atoms with E-state index in [-0.39, 0.29) is 11.7 Å². The van der Waals surface area contributed by atoms with E-state index in [2.05, 4.69) is 15.3 Å². The van der Waals surface area contributed by atoms with Crippen molar-refractivity contribution < 1.29 is 9.13 Å². The molecule has 0 amide bonds. The van der Waals surface area contributed by atoms with E-state index in [1.54, 1.807) is 6.26 Å². The van der Waals surface area contributed by atoms with Crippen LogP contribution in [0.3, 0.4) is 0 Å². The van der Waals surface area contributed by atoms with Crippen molar-refractivity contribution in [3.63, 3.8) is 0 Å². The largest absolute Gasteiger partial charge is 0.352 e. The van der Waals surface area contributed by atoms with Gasteiger partial charge in [-0.15, -0.1) is 0 Å². The summed E-state index contributed by atoms with van der Waals surface area (Å²) in [7, 11) is -0.824. The SMILES string of the molecule is CC(CCS(C)=O)Nc1ncc([N+](=O)[O-])cn1. The first-order valence-corrected chi connectivity index (χ1v) is 6.74. The average molecular weight is 258 g/mol. The molecule has 0 aliphatic carbocycles. The topological polar surface area (TPSA) is 98.0 Å². The van der Waals surface area contributed by atoms with Crippen molar-refractivity contribution in [3.8, 4) is 0 Å². The van der Waals surface area contributed by atoms with Crippen LogP contribution in [-0.2, 0) is 10.8 Å². The fourth-order valence-corrected chi connectivity index (χ4v) is 1.81. The molecule has 8 heteroatoms. The molecule has 0 saturated heterocycles. The molecule has 1 rings (SSSR count). The van der Waals surface area contributed by atoms with Crippen LogP contribution in [0.5, 0.6) is 0 Å². The van der Waals surface area contributed by atoms with E-state index in [1.165, 1.54) is 0 Å². The molecule has 1 N–H and O–H groups in total. The fourth-order valence-electron chi connectivity index (χ4n) is 1.13. The Labute approximate surface area is 101 Å². The van der Waals surface area contributed by atoms with Gasteiger partial charge in [0.1, 0.15) is 12.4 Å². The van der Waals surface area contributed by atoms with Crippen LogP contribution in [0.15, 0.2) is 12.4 Å². The zero-order valence-electron chi connectivity index (χ0n) is 9.62. The Morgan fingerprint density at radius 3 is 2.59 bits per heavy atom. The molecule has 0 spiro atoms. The Kier molecular flexibility index (Phi) is 4.95. The van der Waals surface area contributed by atoms with Crippen LogP contribution in [0, 0.1) is 10.1 Å². The third kappa shape index (κ3) is 4.85. The number of aromatic nitrogens is 2. The Hall–Kier alpha value is -1.57. The average Bonchev–Trinajstić information content (AvgIpc) is 2.27. The predicted octanol–water partition coefficient (Wildman–Crippen LogP) is 0.954. The van der Waals surface area contributed by atoms with Crippen LogP contribution in [0.25, 0.3) is 0 Å². The van der Waals surface area contributed by atoms with Gasteiger partial charge in [-0.1, -0.05) is 0 Å². The monoisotopic (exact) mass is 258 g/mol. The lowest BCUT2D eigenvalue weighted by Gasteiger charge is -2.12. The van der Waals surface area contributed by atoms with Crippen LogP contribution in [0.4, 0.5) is 11.6 Å². The maximum absolute atomic E-state index is 10.9. The summed E-state index contributed by atoms with van der Waals surface area (Å²) in [6.45, 7) is 1.91. The summed E-state index contributed by atoms with van der Waals surface area (Å²) in [6, 6.07) is 0.0698. The minimum Gasteiger partial charge on any atom is -0.352 e. The van der Waals surface area contributed by atoms with Gasteiger partial charge < -0.3 is 5.32 Å². The van der Waals surface area contributed by atoms with Crippen molar-refractivity contribution in [1.29, 1.82) is 0 Å². The van der Waals surface area contributed by atoms with Crippen molar-refractivity contribution >= 4 is 22.4 Å². The van der Waals surface area contributed by atoms with E-state index in [0.717, 1.165) is 18.8 Å². The van der Waals surface area contributed by atoms with E-state index in [9.17, 15) is 14.3 Å². The first-order valence-electron chi connectivity index (χ1n) is 5.02. The third-order valence-corrected chi connectivity index (χ3v) is 2.87. The molecule has 0 aromatic carbocycles. The van der Waals surface area contributed by atoms with Gasteiger partial charge in [0.2, 0.25) is 5.95 Å². The van der Waals surface area contributed by atoms with Gasteiger partial charge in [-0.05, 0) is 13.3 Å². The fraction of sp³-hybridized carbons (Fsp3) is 0.556. The molecule has 0 radical (unpaired) electrons. The second kappa shape index (κ2) is 6.24. The molecular weight excluding hydrogens is 244 g/mol. The first kappa shape index (κ1) is 13.5. The molecule has 2 unspecified atom stereocenters. The van der Waals surface area contributed by atoms with Gasteiger partial charge in [-0.2, -0.15) is 0 Å². The Morgan fingerprint density at radius 1 is 1.53 bits per heavy atom. The van der Waals surface area contributed by atoms with E-state index < -0.39 is 15.7 Å². The van der Waals surface area contributed by atoms with Gasteiger partial charge in [-0.3, -0.25) is 14.3 Å². The number of nitrogens with one attached hydrogen (secondary N) is 1. The van der Waals surface area contributed by atoms with Gasteiger partial charge in [0, 0.05) is 28.9 Å². The molecule has 1 heterocycles. The van der Waals surface area contributed by atoms with E-state index in [4.69, 9.17) is 0 Å². The van der Waals surface area contributed by atoms with Crippen molar-refractivity contribution in [1.82, 2.24) is 9.97 Å². The number of hydrogen-bond acceptors (Lipinski definition) is 6. The minimum absolute atomic E-state index is 0.0698. The van der Waals surface area contributed by atoms with Gasteiger partial charge in [0.15, 0.2) is 0 Å². The summed E-state index contributed by atoms with van der Waals surface area (Å²) in [4.78, 5) is 17.5. The van der Waals surface area contributed by atoms with Crippen LogP contribution < -0.4 is 5.32 Å². The third-order valence-electron chi connectivity index (χ3n) is 2.06. The molecular formula is C9H14N4O3S. The number of nitro groups is 1. The smallest absolute Gasteiger partial charge is 0.305 e. The summed E-state index contributed by atoms with van der Waals surface area (Å²) < 4.78 is 10.9. The van der Waals surface area contributed by atoms with Crippen LogP contribution >= 0.6 is 0 Å². The molecule has 7 nitrogen and oxygen atoms in total. The number of hydrogen-bond donors (Lipinski definition) is 1. The molecule has 1 aromatic rings. The summed E-state index contributed by atoms with van der Waals surface area (Å²) in [6.07, 6.45) is 4.68. The standard InChI is InChI=1S/C9H14N4O3S/c1-7(3-4-17(2)16)12-9-10-5-8(6-11-9)13(14)15/h5-7H,3-4H2,1-2H3,(H,10,11,12). The maximum Gasteiger partial charge on any atom is 0.305 e. The highest BCUT2D eigenvalue weighted by Crippen LogP contribution is 2.09. The van der Waals surface area contributed by atoms with Gasteiger partial charge >= 0.3 is 5.69 Å². The van der Waals surface area contributed by atoms with Crippen molar-refractivity contribution in [3.05, 3.63) is 22.5 Å². The second-order valence-corrected chi connectivity index (χ2v) is 5.19. The summed E-state index contributed by atoms with van der Waals surface area (Å²) >= 11 is 0. The van der Waals surface area contributed by atoms with Crippen LogP contribution in [0.1, 0.15) is 13.3 Å². The molecule has 0 aliphatic rings. The lowest BCUT2D eigenvalue weighted by Crippen LogP contribution is -2.19. The molecule has 0 fully saturated rings. The highest BCUT2D eigenvalue weighted by atomic mass is 32.2. The van der Waals surface area contributed by atoms with E-state index in [1.807, 2.05) is 6.92 Å². The normalized spacial score (nSPS) is 14.0. The van der Waals surface area contributed by atoms with Crippen molar-refractivity contribution in [2.75, 3.05) is 17.3 Å². The predicted molar refractivity (Wildman–Crippen MR) is 65.3 cm³/mol. The minimum atomic E-state index is -0.824. The summed E-state index contributed by atoms with van der Waals surface area (Å²) in [5, 5.41) is 13.4. The zero-order valence-corrected chi connectivity index (χ0v) is 10.4. The maximum atomic E-state index is 10.9. The van der Waals surface area contributed by atoms with E-state index in [0.29, 0.717) is 11.7 Å². The Morgan fingerprint density at radius 2 is 2.12 bits per heavy atom. The molecule has 0 saturated carbocycles. The number of rotatable bonds is 6. The second-order valence-electron chi connectivity index (χ2n) is 3.63. The Balaban J connectivity index is 2.51. The van der Waals surface area contributed by atoms with Gasteiger partial charge in [0.25, 0.3) is 0 Å². The summed E-state index contributed by atoms with van der Waals surface area (Å²) in [5.74, 6) is 0.936. The first-order chi connectivity index (χ1) is 7.99.